The molecule has 0 saturated carbocycles. The minimum Gasteiger partial charge on any atom is -0.497 e. The van der Waals surface area contributed by atoms with Crippen LogP contribution in [0.15, 0.2) is 18.2 Å². The SMILES string of the molecule is COc1ccc2c(c1)OC(CCN1CCC3(CC1)CNC(=O)CO3)CO2. The average Bonchev–Trinajstić information content (AvgIpc) is 2.69. The summed E-state index contributed by atoms with van der Waals surface area (Å²) in [4.78, 5) is 13.7. The van der Waals surface area contributed by atoms with Gasteiger partial charge >= 0.3 is 0 Å². The molecule has 7 heteroatoms. The zero-order chi connectivity index (χ0) is 18.0. The largest absolute Gasteiger partial charge is 0.497 e. The highest BCUT2D eigenvalue weighted by Crippen LogP contribution is 2.35. The summed E-state index contributed by atoms with van der Waals surface area (Å²) in [6.07, 6.45) is 2.88. The average molecular weight is 362 g/mol. The lowest BCUT2D eigenvalue weighted by Gasteiger charge is -2.43. The summed E-state index contributed by atoms with van der Waals surface area (Å²) in [5.74, 6) is 2.29. The van der Waals surface area contributed by atoms with Gasteiger partial charge in [0.1, 0.15) is 25.1 Å². The second-order valence-electron chi connectivity index (χ2n) is 7.24. The maximum Gasteiger partial charge on any atom is 0.246 e. The molecule has 7 nitrogen and oxygen atoms in total. The summed E-state index contributed by atoms with van der Waals surface area (Å²) < 4.78 is 23.0. The molecule has 26 heavy (non-hydrogen) atoms. The fraction of sp³-hybridized carbons (Fsp3) is 0.632. The van der Waals surface area contributed by atoms with Gasteiger partial charge in [-0.25, -0.2) is 0 Å². The van der Waals surface area contributed by atoms with Crippen molar-refractivity contribution in [2.45, 2.75) is 31.0 Å². The van der Waals surface area contributed by atoms with Crippen LogP contribution in [-0.4, -0.2) is 69.0 Å². The number of hydrogen-bond acceptors (Lipinski definition) is 6. The van der Waals surface area contributed by atoms with Crippen LogP contribution >= 0.6 is 0 Å². The second-order valence-corrected chi connectivity index (χ2v) is 7.24. The predicted octanol–water partition coefficient (Wildman–Crippen LogP) is 1.21. The van der Waals surface area contributed by atoms with Crippen molar-refractivity contribution in [3.05, 3.63) is 18.2 Å². The highest BCUT2D eigenvalue weighted by molar-refractivity contribution is 5.78. The molecule has 0 aliphatic carbocycles. The molecule has 1 atom stereocenters. The van der Waals surface area contributed by atoms with E-state index in [1.807, 2.05) is 18.2 Å². The van der Waals surface area contributed by atoms with Crippen LogP contribution in [0.5, 0.6) is 17.2 Å². The van der Waals surface area contributed by atoms with Gasteiger partial charge in [0.05, 0.1) is 12.7 Å². The van der Waals surface area contributed by atoms with E-state index in [1.165, 1.54) is 0 Å². The van der Waals surface area contributed by atoms with Gasteiger partial charge in [0.25, 0.3) is 0 Å². The summed E-state index contributed by atoms with van der Waals surface area (Å²) in [6, 6.07) is 5.64. The summed E-state index contributed by atoms with van der Waals surface area (Å²) in [6.45, 7) is 4.33. The first-order chi connectivity index (χ1) is 12.7. The molecule has 0 radical (unpaired) electrons. The van der Waals surface area contributed by atoms with E-state index in [4.69, 9.17) is 18.9 Å². The van der Waals surface area contributed by atoms with E-state index >= 15 is 0 Å². The molecular formula is C19H26N2O5. The Balaban J connectivity index is 1.25. The van der Waals surface area contributed by atoms with Crippen molar-refractivity contribution in [1.82, 2.24) is 10.2 Å². The maximum absolute atomic E-state index is 11.3. The van der Waals surface area contributed by atoms with Crippen LogP contribution in [0.3, 0.4) is 0 Å². The van der Waals surface area contributed by atoms with E-state index in [0.29, 0.717) is 13.2 Å². The van der Waals surface area contributed by atoms with E-state index in [0.717, 1.165) is 56.1 Å². The first-order valence-electron chi connectivity index (χ1n) is 9.26. The number of morpholine rings is 1. The number of nitrogens with one attached hydrogen (secondary N) is 1. The van der Waals surface area contributed by atoms with Gasteiger partial charge in [-0.05, 0) is 25.0 Å². The van der Waals surface area contributed by atoms with Gasteiger partial charge in [0.2, 0.25) is 5.91 Å². The number of ether oxygens (including phenoxy) is 4. The minimum absolute atomic E-state index is 0.00980. The van der Waals surface area contributed by atoms with Crippen LogP contribution < -0.4 is 19.5 Å². The number of nitrogens with zero attached hydrogens (tertiary/aromatic N) is 1. The van der Waals surface area contributed by atoms with Crippen molar-refractivity contribution in [3.63, 3.8) is 0 Å². The maximum atomic E-state index is 11.3. The summed E-state index contributed by atoms with van der Waals surface area (Å²) in [7, 11) is 1.65. The van der Waals surface area contributed by atoms with Gasteiger partial charge in [-0.2, -0.15) is 0 Å². The molecule has 1 aromatic rings. The van der Waals surface area contributed by atoms with Gasteiger partial charge in [-0.3, -0.25) is 4.79 Å². The van der Waals surface area contributed by atoms with Crippen molar-refractivity contribution >= 4 is 5.91 Å². The monoisotopic (exact) mass is 362 g/mol. The zero-order valence-corrected chi connectivity index (χ0v) is 15.2. The van der Waals surface area contributed by atoms with Crippen molar-refractivity contribution in [2.75, 3.05) is 46.5 Å². The normalized spacial score (nSPS) is 25.0. The number of carbonyl (C=O) groups excluding carboxylic acids is 1. The molecule has 1 spiro atoms. The summed E-state index contributed by atoms with van der Waals surface area (Å²) >= 11 is 0. The number of likely N-dealkylation sites (tertiary alicyclic amines) is 1. The Morgan fingerprint density at radius 1 is 1.31 bits per heavy atom. The standard InChI is InChI=1S/C19H26N2O5/c1-23-14-2-3-16-17(10-14)26-15(11-24-16)4-7-21-8-5-19(6-9-21)13-20-18(22)12-25-19/h2-3,10,15H,4-9,11-13H2,1H3,(H,20,22). The van der Waals surface area contributed by atoms with Crippen molar-refractivity contribution in [3.8, 4) is 17.2 Å². The highest BCUT2D eigenvalue weighted by Gasteiger charge is 2.39. The summed E-state index contributed by atoms with van der Waals surface area (Å²) in [5.41, 5.74) is -0.162. The molecular weight excluding hydrogens is 336 g/mol. The molecule has 3 heterocycles. The predicted molar refractivity (Wildman–Crippen MR) is 94.9 cm³/mol. The van der Waals surface area contributed by atoms with Crippen LogP contribution in [0.25, 0.3) is 0 Å². The number of benzene rings is 1. The van der Waals surface area contributed by atoms with Crippen LogP contribution in [0.2, 0.25) is 0 Å². The Kier molecular flexibility index (Phi) is 4.91. The Bertz CT molecular complexity index is 645. The fourth-order valence-electron chi connectivity index (χ4n) is 3.78. The molecule has 2 saturated heterocycles. The molecule has 3 aliphatic heterocycles. The third-order valence-corrected chi connectivity index (χ3v) is 5.52. The van der Waals surface area contributed by atoms with E-state index in [2.05, 4.69) is 10.2 Å². The smallest absolute Gasteiger partial charge is 0.246 e. The quantitative estimate of drug-likeness (QED) is 0.868. The Morgan fingerprint density at radius 2 is 2.15 bits per heavy atom. The van der Waals surface area contributed by atoms with Gasteiger partial charge in [0.15, 0.2) is 11.5 Å². The van der Waals surface area contributed by atoms with E-state index in [9.17, 15) is 4.79 Å². The topological polar surface area (TPSA) is 69.3 Å². The Labute approximate surface area is 153 Å². The Morgan fingerprint density at radius 3 is 2.88 bits per heavy atom. The molecule has 1 aromatic carbocycles. The van der Waals surface area contributed by atoms with Gasteiger partial charge < -0.3 is 29.2 Å². The summed E-state index contributed by atoms with van der Waals surface area (Å²) in [5, 5.41) is 2.93. The molecule has 0 bridgehead atoms. The Hall–Kier alpha value is -1.99. The third kappa shape index (κ3) is 3.73. The van der Waals surface area contributed by atoms with Crippen molar-refractivity contribution in [2.24, 2.45) is 0 Å². The number of rotatable bonds is 4. The first kappa shape index (κ1) is 17.4. The lowest BCUT2D eigenvalue weighted by molar-refractivity contribution is -0.150. The lowest BCUT2D eigenvalue weighted by Crippen LogP contribution is -2.57. The van der Waals surface area contributed by atoms with Crippen LogP contribution in [0, 0.1) is 0 Å². The number of piperidine rings is 1. The van der Waals surface area contributed by atoms with Gasteiger partial charge in [0, 0.05) is 38.7 Å². The number of amides is 1. The number of hydrogen-bond donors (Lipinski definition) is 1. The molecule has 0 aromatic heterocycles. The van der Waals surface area contributed by atoms with E-state index in [-0.39, 0.29) is 24.2 Å². The number of carbonyl (C=O) groups is 1. The number of methoxy groups -OCH3 is 1. The minimum atomic E-state index is -0.162. The van der Waals surface area contributed by atoms with Crippen molar-refractivity contribution in [1.29, 1.82) is 0 Å². The van der Waals surface area contributed by atoms with Crippen molar-refractivity contribution < 1.29 is 23.7 Å². The van der Waals surface area contributed by atoms with Crippen LogP contribution in [-0.2, 0) is 9.53 Å². The highest BCUT2D eigenvalue weighted by atomic mass is 16.6. The molecule has 1 unspecified atom stereocenters. The number of fused-ring (bicyclic) bond motifs is 1. The zero-order valence-electron chi connectivity index (χ0n) is 15.2. The van der Waals surface area contributed by atoms with Crippen LogP contribution in [0.1, 0.15) is 19.3 Å². The molecule has 3 aliphatic rings. The fourth-order valence-corrected chi connectivity index (χ4v) is 3.78. The molecule has 1 amide bonds. The van der Waals surface area contributed by atoms with E-state index < -0.39 is 0 Å². The molecule has 2 fully saturated rings. The second kappa shape index (κ2) is 7.32. The van der Waals surface area contributed by atoms with Crippen LogP contribution in [0.4, 0.5) is 0 Å². The van der Waals surface area contributed by atoms with Gasteiger partial charge in [-0.1, -0.05) is 0 Å². The van der Waals surface area contributed by atoms with Gasteiger partial charge in [-0.15, -0.1) is 0 Å². The lowest BCUT2D eigenvalue weighted by atomic mass is 9.90. The molecule has 4 rings (SSSR count). The van der Waals surface area contributed by atoms with E-state index in [1.54, 1.807) is 7.11 Å². The third-order valence-electron chi connectivity index (χ3n) is 5.52. The first-order valence-corrected chi connectivity index (χ1v) is 9.26. The molecule has 142 valence electrons. The molecule has 1 N–H and O–H groups in total.